The van der Waals surface area contributed by atoms with Crippen LogP contribution in [-0.2, 0) is 13.2 Å². The zero-order valence-corrected chi connectivity index (χ0v) is 21.4. The maximum absolute atomic E-state index is 13.4. The minimum absolute atomic E-state index is 0.201. The molecule has 0 atom stereocenters. The van der Waals surface area contributed by atoms with Gasteiger partial charge in [-0.1, -0.05) is 30.3 Å². The number of halogens is 3. The van der Waals surface area contributed by atoms with Crippen molar-refractivity contribution < 1.29 is 17.6 Å². The fourth-order valence-corrected chi connectivity index (χ4v) is 4.80. The summed E-state index contributed by atoms with van der Waals surface area (Å²) in [5.41, 5.74) is 1.08. The fourth-order valence-electron chi connectivity index (χ4n) is 3.96. The lowest BCUT2D eigenvalue weighted by Gasteiger charge is -2.09. The van der Waals surface area contributed by atoms with E-state index < -0.39 is 11.7 Å². The maximum atomic E-state index is 13.4. The third kappa shape index (κ3) is 4.80. The van der Waals surface area contributed by atoms with Crippen LogP contribution in [0.25, 0.3) is 16.9 Å². The van der Waals surface area contributed by atoms with Crippen LogP contribution < -0.4 is 10.4 Å². The van der Waals surface area contributed by atoms with Gasteiger partial charge in [0.2, 0.25) is 4.80 Å². The van der Waals surface area contributed by atoms with E-state index in [2.05, 4.69) is 10.1 Å². The van der Waals surface area contributed by atoms with E-state index in [1.165, 1.54) is 21.6 Å². The molecule has 0 aliphatic carbocycles. The van der Waals surface area contributed by atoms with E-state index in [1.807, 2.05) is 30.3 Å². The van der Waals surface area contributed by atoms with E-state index >= 15 is 0 Å². The number of para-hydroxylation sites is 1. The maximum Gasteiger partial charge on any atom is 0.416 e. The molecule has 11 heteroatoms. The number of nitrogens with zero attached hydrogens (tertiary/aromatic N) is 5. The molecule has 3 heterocycles. The standard InChI is InChI=1S/C27H22F3N5O2S/c1-17-12-13-22(37-17)15-31-34-23(19-8-7-9-20(14-19)27(28,29)30)16-38-26(34)32-24-18(2)33(3)35(25(24)36)21-10-5-4-6-11-21/h4-16H,1-3H3. The number of thiazole rings is 1. The van der Waals surface area contributed by atoms with Crippen molar-refractivity contribution in [2.45, 2.75) is 20.0 Å². The van der Waals surface area contributed by atoms with Gasteiger partial charge in [0, 0.05) is 18.0 Å². The molecule has 38 heavy (non-hydrogen) atoms. The Morgan fingerprint density at radius 2 is 1.76 bits per heavy atom. The number of alkyl halides is 3. The summed E-state index contributed by atoms with van der Waals surface area (Å²) in [4.78, 5) is 18.4. The molecule has 0 fully saturated rings. The SMILES string of the molecule is Cc1ccc(C=Nn2c(-c3cccc(C(F)(F)F)c3)csc2=Nc2c(C)n(C)n(-c3ccccc3)c2=O)o1. The predicted octanol–water partition coefficient (Wildman–Crippen LogP) is 6.05. The van der Waals surface area contributed by atoms with E-state index in [4.69, 9.17) is 4.42 Å². The molecule has 0 amide bonds. The average Bonchev–Trinajstić information content (AvgIpc) is 3.56. The molecule has 0 unspecified atom stereocenters. The Balaban J connectivity index is 1.70. The first-order valence-corrected chi connectivity index (χ1v) is 12.4. The van der Waals surface area contributed by atoms with E-state index in [1.54, 1.807) is 49.2 Å². The zero-order chi connectivity index (χ0) is 27.0. The molecule has 0 aliphatic rings. The van der Waals surface area contributed by atoms with Gasteiger partial charge in [-0.05, 0) is 50.2 Å². The highest BCUT2D eigenvalue weighted by atomic mass is 32.1. The summed E-state index contributed by atoms with van der Waals surface area (Å²) >= 11 is 1.16. The first kappa shape index (κ1) is 25.3. The Kier molecular flexibility index (Phi) is 6.53. The molecule has 0 aliphatic heterocycles. The number of aromatic nitrogens is 3. The molecule has 0 bridgehead atoms. The van der Waals surface area contributed by atoms with Gasteiger partial charge < -0.3 is 4.42 Å². The Hall–Kier alpha value is -4.38. The van der Waals surface area contributed by atoms with Gasteiger partial charge in [0.25, 0.3) is 5.56 Å². The van der Waals surface area contributed by atoms with Crippen LogP contribution in [0.2, 0.25) is 0 Å². The van der Waals surface area contributed by atoms with Crippen molar-refractivity contribution in [2.24, 2.45) is 17.1 Å². The second kappa shape index (κ2) is 9.82. The van der Waals surface area contributed by atoms with E-state index in [9.17, 15) is 18.0 Å². The van der Waals surface area contributed by atoms with Crippen molar-refractivity contribution in [3.63, 3.8) is 0 Å². The summed E-state index contributed by atoms with van der Waals surface area (Å²) in [5.74, 6) is 1.15. The third-order valence-corrected chi connectivity index (χ3v) is 6.78. The zero-order valence-electron chi connectivity index (χ0n) is 20.6. The monoisotopic (exact) mass is 537 g/mol. The summed E-state index contributed by atoms with van der Waals surface area (Å²) in [7, 11) is 1.76. The van der Waals surface area contributed by atoms with E-state index in [-0.39, 0.29) is 11.2 Å². The van der Waals surface area contributed by atoms with Gasteiger partial charge in [0.1, 0.15) is 11.5 Å². The lowest BCUT2D eigenvalue weighted by Crippen LogP contribution is -2.19. The number of rotatable bonds is 5. The van der Waals surface area contributed by atoms with Gasteiger partial charge in [-0.2, -0.15) is 18.3 Å². The fraction of sp³-hybridized carbons (Fsp3) is 0.148. The van der Waals surface area contributed by atoms with Gasteiger partial charge in [-0.15, -0.1) is 11.3 Å². The molecular weight excluding hydrogens is 515 g/mol. The summed E-state index contributed by atoms with van der Waals surface area (Å²) < 4.78 is 50.4. The molecule has 0 N–H and O–H groups in total. The highest BCUT2D eigenvalue weighted by Crippen LogP contribution is 2.32. The molecule has 7 nitrogen and oxygen atoms in total. The van der Waals surface area contributed by atoms with Crippen molar-refractivity contribution in [3.05, 3.63) is 110 Å². The number of aryl methyl sites for hydroxylation is 1. The van der Waals surface area contributed by atoms with Crippen molar-refractivity contribution >= 4 is 23.2 Å². The van der Waals surface area contributed by atoms with E-state index in [0.717, 1.165) is 23.5 Å². The highest BCUT2D eigenvalue weighted by molar-refractivity contribution is 7.07. The molecule has 0 saturated heterocycles. The molecule has 0 spiro atoms. The number of hydrogen-bond acceptors (Lipinski definition) is 5. The Bertz CT molecular complexity index is 1770. The van der Waals surface area contributed by atoms with Gasteiger partial charge in [-0.3, -0.25) is 9.48 Å². The number of furan rings is 1. The number of benzene rings is 2. The summed E-state index contributed by atoms with van der Waals surface area (Å²) in [6.45, 7) is 3.57. The minimum Gasteiger partial charge on any atom is -0.460 e. The molecule has 5 aromatic rings. The predicted molar refractivity (Wildman–Crippen MR) is 140 cm³/mol. The topological polar surface area (TPSA) is 69.7 Å². The molecule has 0 radical (unpaired) electrons. The van der Waals surface area contributed by atoms with Crippen LogP contribution >= 0.6 is 11.3 Å². The van der Waals surface area contributed by atoms with Crippen LogP contribution in [-0.4, -0.2) is 20.3 Å². The van der Waals surface area contributed by atoms with Crippen LogP contribution in [0.1, 0.15) is 22.8 Å². The lowest BCUT2D eigenvalue weighted by atomic mass is 10.1. The molecule has 5 rings (SSSR count). The van der Waals surface area contributed by atoms with Crippen molar-refractivity contribution in [1.29, 1.82) is 0 Å². The lowest BCUT2D eigenvalue weighted by molar-refractivity contribution is -0.137. The summed E-state index contributed by atoms with van der Waals surface area (Å²) in [6.07, 6.45) is -3.04. The summed E-state index contributed by atoms with van der Waals surface area (Å²) in [6, 6.07) is 17.7. The third-order valence-electron chi connectivity index (χ3n) is 5.96. The van der Waals surface area contributed by atoms with Crippen molar-refractivity contribution in [3.8, 4) is 16.9 Å². The van der Waals surface area contributed by atoms with Crippen LogP contribution in [0, 0.1) is 13.8 Å². The Morgan fingerprint density at radius 1 is 1.00 bits per heavy atom. The normalized spacial score (nSPS) is 12.6. The molecule has 3 aromatic heterocycles. The molecule has 194 valence electrons. The first-order chi connectivity index (χ1) is 18.1. The van der Waals surface area contributed by atoms with Gasteiger partial charge >= 0.3 is 6.18 Å². The van der Waals surface area contributed by atoms with Crippen molar-refractivity contribution in [2.75, 3.05) is 0 Å². The number of hydrogen-bond donors (Lipinski definition) is 0. The smallest absolute Gasteiger partial charge is 0.416 e. The molecule has 0 saturated carbocycles. The largest absolute Gasteiger partial charge is 0.460 e. The van der Waals surface area contributed by atoms with Crippen LogP contribution in [0.5, 0.6) is 0 Å². The highest BCUT2D eigenvalue weighted by Gasteiger charge is 2.30. The van der Waals surface area contributed by atoms with E-state index in [0.29, 0.717) is 39.0 Å². The summed E-state index contributed by atoms with van der Waals surface area (Å²) in [5, 5.41) is 6.14. The Morgan fingerprint density at radius 3 is 2.45 bits per heavy atom. The Labute approximate surface area is 219 Å². The van der Waals surface area contributed by atoms with Gasteiger partial charge in [0.05, 0.1) is 28.9 Å². The second-order valence-corrected chi connectivity index (χ2v) is 9.35. The minimum atomic E-state index is -4.50. The van der Waals surface area contributed by atoms with Gasteiger partial charge in [-0.25, -0.2) is 14.4 Å². The first-order valence-electron chi connectivity index (χ1n) is 11.5. The average molecular weight is 538 g/mol. The van der Waals surface area contributed by atoms with Crippen molar-refractivity contribution in [1.82, 2.24) is 14.0 Å². The van der Waals surface area contributed by atoms with Crippen LogP contribution in [0.3, 0.4) is 0 Å². The quantitative estimate of drug-likeness (QED) is 0.256. The second-order valence-electron chi connectivity index (χ2n) is 8.51. The molecular formula is C27H22F3N5O2S. The molecule has 2 aromatic carbocycles. The van der Waals surface area contributed by atoms with Gasteiger partial charge in [0.15, 0.2) is 5.69 Å². The van der Waals surface area contributed by atoms with Crippen LogP contribution in [0.15, 0.2) is 91.4 Å². The van der Waals surface area contributed by atoms with Crippen LogP contribution in [0.4, 0.5) is 18.9 Å².